The minimum absolute atomic E-state index is 0.194. The molecule has 0 amide bonds. The first-order valence-corrected chi connectivity index (χ1v) is 4.95. The van der Waals surface area contributed by atoms with Crippen LogP contribution in [0.4, 0.5) is 8.78 Å². The molecule has 1 aromatic carbocycles. The van der Waals surface area contributed by atoms with E-state index in [0.29, 0.717) is 12.1 Å². The molecule has 1 rings (SSSR count). The quantitative estimate of drug-likeness (QED) is 0.582. The van der Waals surface area contributed by atoms with E-state index >= 15 is 0 Å². The second kappa shape index (κ2) is 5.61. The summed E-state index contributed by atoms with van der Waals surface area (Å²) in [5.74, 6) is -1.57. The maximum atomic E-state index is 13.3. The zero-order valence-corrected chi connectivity index (χ0v) is 8.76. The fraction of sp³-hybridized carbons (Fsp3) is 0.333. The van der Waals surface area contributed by atoms with Crippen LogP contribution in [0.15, 0.2) is 30.9 Å². The second-order valence-corrected chi connectivity index (χ2v) is 3.40. The minimum Gasteiger partial charge on any atom is -0.310 e. The van der Waals surface area contributed by atoms with Crippen molar-refractivity contribution in [3.05, 3.63) is 48.1 Å². The molecule has 1 nitrogen and oxygen atoms in total. The fourth-order valence-corrected chi connectivity index (χ4v) is 1.37. The Morgan fingerprint density at radius 2 is 2.20 bits per heavy atom. The van der Waals surface area contributed by atoms with Crippen molar-refractivity contribution in [3.8, 4) is 0 Å². The molecule has 0 aliphatic carbocycles. The van der Waals surface area contributed by atoms with Crippen molar-refractivity contribution in [2.45, 2.75) is 19.4 Å². The molecule has 0 heterocycles. The van der Waals surface area contributed by atoms with E-state index in [1.165, 1.54) is 6.07 Å². The Morgan fingerprint density at radius 3 is 2.87 bits per heavy atom. The first-order chi connectivity index (χ1) is 7.16. The van der Waals surface area contributed by atoms with Gasteiger partial charge in [-0.1, -0.05) is 18.2 Å². The molecule has 0 spiro atoms. The third-order valence-electron chi connectivity index (χ3n) is 2.25. The third-order valence-corrected chi connectivity index (χ3v) is 2.25. The molecule has 0 aliphatic heterocycles. The van der Waals surface area contributed by atoms with Gasteiger partial charge in [0, 0.05) is 11.6 Å². The van der Waals surface area contributed by atoms with E-state index in [2.05, 4.69) is 11.9 Å². The molecular weight excluding hydrogens is 196 g/mol. The lowest BCUT2D eigenvalue weighted by Gasteiger charge is -2.14. The van der Waals surface area contributed by atoms with Crippen molar-refractivity contribution in [3.63, 3.8) is 0 Å². The van der Waals surface area contributed by atoms with Gasteiger partial charge in [-0.3, -0.25) is 0 Å². The van der Waals surface area contributed by atoms with Gasteiger partial charge in [-0.15, -0.1) is 6.58 Å². The van der Waals surface area contributed by atoms with Gasteiger partial charge < -0.3 is 5.32 Å². The first-order valence-electron chi connectivity index (χ1n) is 4.95. The molecule has 1 N–H and O–H groups in total. The zero-order chi connectivity index (χ0) is 11.3. The first kappa shape index (κ1) is 11.9. The lowest BCUT2D eigenvalue weighted by atomic mass is 10.1. The van der Waals surface area contributed by atoms with Crippen molar-refractivity contribution in [1.29, 1.82) is 0 Å². The van der Waals surface area contributed by atoms with E-state index in [-0.39, 0.29) is 6.04 Å². The Balaban J connectivity index is 2.68. The molecule has 0 aromatic heterocycles. The number of hydrogen-bond donors (Lipinski definition) is 1. The molecule has 15 heavy (non-hydrogen) atoms. The molecule has 1 atom stereocenters. The van der Waals surface area contributed by atoms with Gasteiger partial charge in [0.25, 0.3) is 0 Å². The van der Waals surface area contributed by atoms with Gasteiger partial charge in [-0.05, 0) is 26.0 Å². The summed E-state index contributed by atoms with van der Waals surface area (Å²) in [5.41, 5.74) is 0.360. The predicted octanol–water partition coefficient (Wildman–Crippen LogP) is 3.19. The molecule has 0 saturated carbocycles. The van der Waals surface area contributed by atoms with Crippen LogP contribution < -0.4 is 5.32 Å². The van der Waals surface area contributed by atoms with E-state index in [1.54, 1.807) is 19.1 Å². The van der Waals surface area contributed by atoms with Crippen molar-refractivity contribution in [2.75, 3.05) is 6.54 Å². The van der Waals surface area contributed by atoms with Gasteiger partial charge in [0.15, 0.2) is 11.6 Å². The molecule has 0 fully saturated rings. The van der Waals surface area contributed by atoms with Crippen molar-refractivity contribution >= 4 is 0 Å². The van der Waals surface area contributed by atoms with Crippen LogP contribution in [0.2, 0.25) is 0 Å². The Kier molecular flexibility index (Phi) is 4.43. The lowest BCUT2D eigenvalue weighted by molar-refractivity contribution is 0.474. The van der Waals surface area contributed by atoms with E-state index in [9.17, 15) is 8.78 Å². The summed E-state index contributed by atoms with van der Waals surface area (Å²) in [7, 11) is 0. The van der Waals surface area contributed by atoms with Crippen LogP contribution in [0.5, 0.6) is 0 Å². The largest absolute Gasteiger partial charge is 0.310 e. The average Bonchev–Trinajstić information content (AvgIpc) is 2.22. The van der Waals surface area contributed by atoms with Gasteiger partial charge >= 0.3 is 0 Å². The maximum absolute atomic E-state index is 13.3. The molecule has 0 radical (unpaired) electrons. The van der Waals surface area contributed by atoms with Crippen molar-refractivity contribution in [2.24, 2.45) is 0 Å². The van der Waals surface area contributed by atoms with Crippen LogP contribution in [0.25, 0.3) is 0 Å². The standard InChI is InChI=1S/C12H15F2N/c1-3-4-8-15-9(2)10-6-5-7-11(13)12(10)14/h3,5-7,9,15H,1,4,8H2,2H3. The van der Waals surface area contributed by atoms with Gasteiger partial charge in [0.2, 0.25) is 0 Å². The number of hydrogen-bond acceptors (Lipinski definition) is 1. The third kappa shape index (κ3) is 3.13. The summed E-state index contributed by atoms with van der Waals surface area (Å²) in [6.07, 6.45) is 2.59. The molecule has 1 unspecified atom stereocenters. The smallest absolute Gasteiger partial charge is 0.163 e. The van der Waals surface area contributed by atoms with Gasteiger partial charge in [-0.2, -0.15) is 0 Å². The maximum Gasteiger partial charge on any atom is 0.163 e. The van der Waals surface area contributed by atoms with Crippen LogP contribution in [0.3, 0.4) is 0 Å². The summed E-state index contributed by atoms with van der Waals surface area (Å²) in [5, 5.41) is 3.09. The Labute approximate surface area is 88.8 Å². The van der Waals surface area contributed by atoms with E-state index in [0.717, 1.165) is 12.5 Å². The molecule has 1 aromatic rings. The average molecular weight is 211 g/mol. The number of rotatable bonds is 5. The minimum atomic E-state index is -0.801. The van der Waals surface area contributed by atoms with Crippen LogP contribution in [0, 0.1) is 11.6 Å². The summed E-state index contributed by atoms with van der Waals surface area (Å²) in [6, 6.07) is 4.03. The summed E-state index contributed by atoms with van der Waals surface area (Å²) in [6.45, 7) is 6.10. The lowest BCUT2D eigenvalue weighted by Crippen LogP contribution is -2.20. The van der Waals surface area contributed by atoms with Gasteiger partial charge in [0.05, 0.1) is 0 Å². The summed E-state index contributed by atoms with van der Waals surface area (Å²) in [4.78, 5) is 0. The zero-order valence-electron chi connectivity index (χ0n) is 8.76. The van der Waals surface area contributed by atoms with Crippen LogP contribution in [-0.2, 0) is 0 Å². The van der Waals surface area contributed by atoms with E-state index in [4.69, 9.17) is 0 Å². The van der Waals surface area contributed by atoms with Crippen LogP contribution in [0.1, 0.15) is 24.9 Å². The SMILES string of the molecule is C=CCCNC(C)c1cccc(F)c1F. The number of halogens is 2. The highest BCUT2D eigenvalue weighted by Gasteiger charge is 2.12. The van der Waals surface area contributed by atoms with Crippen LogP contribution >= 0.6 is 0 Å². The van der Waals surface area contributed by atoms with Gasteiger partial charge in [-0.25, -0.2) is 8.78 Å². The highest BCUT2D eigenvalue weighted by Crippen LogP contribution is 2.18. The summed E-state index contributed by atoms with van der Waals surface area (Å²) < 4.78 is 26.2. The predicted molar refractivity (Wildman–Crippen MR) is 57.6 cm³/mol. The normalized spacial score (nSPS) is 12.5. The molecule has 82 valence electrons. The highest BCUT2D eigenvalue weighted by molar-refractivity contribution is 5.21. The fourth-order valence-electron chi connectivity index (χ4n) is 1.37. The molecule has 0 aliphatic rings. The Morgan fingerprint density at radius 1 is 1.47 bits per heavy atom. The van der Waals surface area contributed by atoms with Crippen molar-refractivity contribution < 1.29 is 8.78 Å². The number of nitrogens with one attached hydrogen (secondary N) is 1. The van der Waals surface area contributed by atoms with Crippen molar-refractivity contribution in [1.82, 2.24) is 5.32 Å². The molecule has 0 saturated heterocycles. The molecule has 3 heteroatoms. The highest BCUT2D eigenvalue weighted by atomic mass is 19.2. The van der Waals surface area contributed by atoms with Gasteiger partial charge in [0.1, 0.15) is 0 Å². The van der Waals surface area contributed by atoms with E-state index in [1.807, 2.05) is 0 Å². The van der Waals surface area contributed by atoms with E-state index < -0.39 is 11.6 Å². The molecular formula is C12H15F2N. The monoisotopic (exact) mass is 211 g/mol. The number of benzene rings is 1. The molecule has 0 bridgehead atoms. The Bertz CT molecular complexity index is 336. The second-order valence-electron chi connectivity index (χ2n) is 3.40. The topological polar surface area (TPSA) is 12.0 Å². The Hall–Kier alpha value is -1.22. The van der Waals surface area contributed by atoms with Crippen LogP contribution in [-0.4, -0.2) is 6.54 Å². The summed E-state index contributed by atoms with van der Waals surface area (Å²) >= 11 is 0.